The molecule has 0 aliphatic carbocycles. The van der Waals surface area contributed by atoms with Gasteiger partial charge in [-0.2, -0.15) is 52.4 Å². The summed E-state index contributed by atoms with van der Waals surface area (Å²) in [7, 11) is 0. The molecule has 16 heteroatoms. The van der Waals surface area contributed by atoms with E-state index in [1.165, 1.54) is 0 Å². The molecule has 0 fully saturated rings. The fourth-order valence-corrected chi connectivity index (χ4v) is 1.49. The largest absolute Gasteiger partial charge is 1.00 e. The predicted octanol–water partition coefficient (Wildman–Crippen LogP) is 3.17. The van der Waals surface area contributed by atoms with Gasteiger partial charge in [-0.1, -0.05) is 25.7 Å². The van der Waals surface area contributed by atoms with E-state index in [0.717, 1.165) is 51.9 Å². The molecule has 12 nitrogen and oxygen atoms in total. The maximum absolute atomic E-state index is 8.22. The zero-order valence-corrected chi connectivity index (χ0v) is 24.7. The summed E-state index contributed by atoms with van der Waals surface area (Å²) in [5, 5.41) is 48.5. The molecule has 0 atom stereocenters. The summed E-state index contributed by atoms with van der Waals surface area (Å²) in [5.74, 6) is 0. The first-order valence-electron chi connectivity index (χ1n) is 11.2. The van der Waals surface area contributed by atoms with Gasteiger partial charge >= 0.3 is 68.3 Å². The summed E-state index contributed by atoms with van der Waals surface area (Å²) in [5.41, 5.74) is 26.9. The quantitative estimate of drug-likeness (QED) is 0.110. The Bertz CT molecular complexity index is 208. The van der Waals surface area contributed by atoms with Crippen LogP contribution in [0.15, 0.2) is 0 Å². The van der Waals surface area contributed by atoms with Crippen molar-refractivity contribution in [3.63, 3.8) is 0 Å². The fraction of sp³-hybridized carbons (Fsp3) is 1.00. The van der Waals surface area contributed by atoms with Crippen LogP contribution in [-0.4, -0.2) is 125 Å². The summed E-state index contributed by atoms with van der Waals surface area (Å²) in [6.45, 7) is 7.32. The van der Waals surface area contributed by atoms with Crippen molar-refractivity contribution >= 4 is 0 Å². The van der Waals surface area contributed by atoms with Crippen LogP contribution in [0.3, 0.4) is 0 Å². The predicted molar refractivity (Wildman–Crippen MR) is 136 cm³/mol. The van der Waals surface area contributed by atoms with E-state index in [9.17, 15) is 0 Å². The van der Waals surface area contributed by atoms with Crippen LogP contribution in [0.1, 0.15) is 25.7 Å². The maximum atomic E-state index is 8.22. The van der Waals surface area contributed by atoms with E-state index in [4.69, 9.17) is 43.4 Å². The van der Waals surface area contributed by atoms with E-state index < -0.39 is 0 Å². The van der Waals surface area contributed by atoms with Crippen molar-refractivity contribution in [2.24, 2.45) is 0 Å². The zero-order valence-electron chi connectivity index (χ0n) is 20.9. The molecule has 240 valence electrons. The van der Waals surface area contributed by atoms with Crippen LogP contribution in [0.2, 0.25) is 0 Å². The van der Waals surface area contributed by atoms with Crippen LogP contribution in [0, 0.1) is 0 Å². The van der Waals surface area contributed by atoms with Crippen LogP contribution >= 0.6 is 0 Å². The second kappa shape index (κ2) is 70.8. The monoisotopic (exact) mass is 716 g/mol. The minimum atomic E-state index is 0. The number of aliphatic hydroxyl groups is 4. The average Bonchev–Trinajstić information content (AvgIpc) is 2.82. The molecule has 8 N–H and O–H groups in total. The van der Waals surface area contributed by atoms with Gasteiger partial charge < -0.3 is 64.6 Å². The number of nitrogens with zero attached hydrogens (tertiary/aromatic N) is 4. The van der Waals surface area contributed by atoms with E-state index in [1.807, 2.05) is 0 Å². The Kier molecular flexibility index (Phi) is 113. The molecule has 0 bridgehead atoms. The molecule has 0 amide bonds. The molecule has 0 aromatic heterocycles. The van der Waals surface area contributed by atoms with Gasteiger partial charge in [0.2, 0.25) is 0 Å². The SMILES string of the molecule is [Cu+].[Cu+].[Cu+].[Cu+].[NH-]CCC[N-]CCO.[NH-]CCC[N-]CCO.[NH-]CCC[N-]CCO.[NH-]CCC[N-]CCO. The summed E-state index contributed by atoms with van der Waals surface area (Å²) >= 11 is 0. The number of rotatable bonds is 20. The molecule has 0 spiro atoms. The molecule has 0 aromatic carbocycles. The third kappa shape index (κ3) is 91.3. The topological polar surface area (TPSA) is 233 Å². The van der Waals surface area contributed by atoms with Gasteiger partial charge in [0.25, 0.3) is 0 Å². The number of aliphatic hydroxyl groups excluding tert-OH is 4. The van der Waals surface area contributed by atoms with Gasteiger partial charge in [0.1, 0.15) is 0 Å². The van der Waals surface area contributed by atoms with Crippen LogP contribution in [0.25, 0.3) is 44.2 Å². The number of hydrogen-bond acceptors (Lipinski definition) is 4. The number of nitrogens with one attached hydrogen (secondary N) is 4. The summed E-state index contributed by atoms with van der Waals surface area (Å²) in [6.07, 6.45) is 3.28. The van der Waals surface area contributed by atoms with E-state index in [-0.39, 0.29) is 94.7 Å². The Morgan fingerprint density at radius 2 is 0.500 bits per heavy atom. The van der Waals surface area contributed by atoms with E-state index in [2.05, 4.69) is 21.3 Å². The molecule has 0 aliphatic heterocycles. The first-order valence-corrected chi connectivity index (χ1v) is 11.2. The van der Waals surface area contributed by atoms with Gasteiger partial charge in [-0.3, -0.25) is 0 Å². The van der Waals surface area contributed by atoms with E-state index in [1.54, 1.807) is 0 Å². The second-order valence-corrected chi connectivity index (χ2v) is 5.99. The summed E-state index contributed by atoms with van der Waals surface area (Å²) in [4.78, 5) is 0. The van der Waals surface area contributed by atoms with Gasteiger partial charge in [0.05, 0.1) is 0 Å². The van der Waals surface area contributed by atoms with Crippen molar-refractivity contribution < 1.29 is 88.7 Å². The van der Waals surface area contributed by atoms with Gasteiger partial charge in [-0.15, -0.1) is 26.2 Å². The summed E-state index contributed by atoms with van der Waals surface area (Å²) in [6, 6.07) is 0. The first-order chi connectivity index (χ1) is 15.7. The normalized spacial score (nSPS) is 8.67. The van der Waals surface area contributed by atoms with Crippen molar-refractivity contribution in [3.05, 3.63) is 44.2 Å². The molecule has 0 radical (unpaired) electrons. The molecule has 0 rings (SSSR count). The Morgan fingerprint density at radius 3 is 0.611 bits per heavy atom. The Balaban J connectivity index is -0.0000000467. The Morgan fingerprint density at radius 1 is 0.333 bits per heavy atom. The minimum Gasteiger partial charge on any atom is -0.677 e. The molecule has 0 aromatic rings. The van der Waals surface area contributed by atoms with Gasteiger partial charge in [0.15, 0.2) is 0 Å². The first kappa shape index (κ1) is 57.5. The molecule has 36 heavy (non-hydrogen) atoms. The van der Waals surface area contributed by atoms with Crippen molar-refractivity contribution in [2.45, 2.75) is 25.7 Å². The van der Waals surface area contributed by atoms with Crippen LogP contribution < -0.4 is 0 Å². The van der Waals surface area contributed by atoms with Crippen molar-refractivity contribution in [1.82, 2.24) is 0 Å². The molecule has 0 saturated carbocycles. The summed E-state index contributed by atoms with van der Waals surface area (Å²) < 4.78 is 0. The maximum Gasteiger partial charge on any atom is 1.00 e. The van der Waals surface area contributed by atoms with Crippen LogP contribution in [0.5, 0.6) is 0 Å². The molecular weight excluding hydrogens is 670 g/mol. The molecule has 0 unspecified atom stereocenters. The van der Waals surface area contributed by atoms with Gasteiger partial charge in [-0.05, 0) is 0 Å². The third-order valence-electron chi connectivity index (χ3n) is 3.00. The Labute approximate surface area is 262 Å². The van der Waals surface area contributed by atoms with Crippen LogP contribution in [0.4, 0.5) is 0 Å². The van der Waals surface area contributed by atoms with E-state index in [0.29, 0.717) is 52.4 Å². The molecule has 0 heterocycles. The van der Waals surface area contributed by atoms with Crippen LogP contribution in [-0.2, 0) is 68.3 Å². The van der Waals surface area contributed by atoms with Crippen molar-refractivity contribution in [3.8, 4) is 0 Å². The molecule has 0 aliphatic rings. The van der Waals surface area contributed by atoms with E-state index >= 15 is 0 Å². The van der Waals surface area contributed by atoms with Crippen molar-refractivity contribution in [1.29, 1.82) is 0 Å². The fourth-order valence-electron chi connectivity index (χ4n) is 1.49. The standard InChI is InChI=1S/4C5H12N2O.4Cu/c4*6-2-1-3-7-4-5-8;;;;/h4*6,8H,1-5H2;;;;/q4*-2;4*+1. The minimum absolute atomic E-state index is 0. The Hall–Kier alpha value is 1.60. The number of hydrogen-bond donors (Lipinski definition) is 4. The van der Waals surface area contributed by atoms with Gasteiger partial charge in [-0.25, -0.2) is 0 Å². The average molecular weight is 719 g/mol. The smallest absolute Gasteiger partial charge is 0.677 e. The van der Waals surface area contributed by atoms with Gasteiger partial charge in [0, 0.05) is 26.4 Å². The third-order valence-corrected chi connectivity index (χ3v) is 3.00. The zero-order chi connectivity index (χ0) is 25.0. The second-order valence-electron chi connectivity index (χ2n) is 5.99. The van der Waals surface area contributed by atoms with Crippen molar-refractivity contribution in [2.75, 3.05) is 105 Å². The molecular formula is C20H48Cu4N8O4-4. The molecule has 0 saturated heterocycles.